The van der Waals surface area contributed by atoms with Crippen LogP contribution in [0.4, 0.5) is 0 Å². The number of nitrogens with one attached hydrogen (secondary N) is 2. The van der Waals surface area contributed by atoms with Crippen LogP contribution in [0.3, 0.4) is 0 Å². The first-order valence-electron chi connectivity index (χ1n) is 7.42. The van der Waals surface area contributed by atoms with Gasteiger partial charge in [-0.3, -0.25) is 20.4 Å². The summed E-state index contributed by atoms with van der Waals surface area (Å²) in [5.74, 6) is -0.561. The van der Waals surface area contributed by atoms with Crippen LogP contribution < -0.4 is 10.9 Å². The molecule has 0 spiro atoms. The summed E-state index contributed by atoms with van der Waals surface area (Å²) in [6, 6.07) is 9.15. The predicted molar refractivity (Wildman–Crippen MR) is 87.1 cm³/mol. The molecule has 0 radical (unpaired) electrons. The minimum absolute atomic E-state index is 0.250. The van der Waals surface area contributed by atoms with Gasteiger partial charge in [0.25, 0.3) is 11.8 Å². The highest BCUT2D eigenvalue weighted by Crippen LogP contribution is 2.29. The summed E-state index contributed by atoms with van der Waals surface area (Å²) in [6.07, 6.45) is 4.49. The third kappa shape index (κ3) is 3.20. The summed E-state index contributed by atoms with van der Waals surface area (Å²) in [4.78, 5) is 26.1. The monoisotopic (exact) mass is 314 g/mol. The molecule has 114 valence electrons. The van der Waals surface area contributed by atoms with Crippen molar-refractivity contribution in [1.29, 1.82) is 0 Å². The molecule has 3 rings (SSSR count). The van der Waals surface area contributed by atoms with Gasteiger partial charge in [0, 0.05) is 10.4 Å². The third-order valence-corrected chi connectivity index (χ3v) is 5.06. The van der Waals surface area contributed by atoms with E-state index < -0.39 is 0 Å². The summed E-state index contributed by atoms with van der Waals surface area (Å²) in [7, 11) is 0. The van der Waals surface area contributed by atoms with Gasteiger partial charge >= 0.3 is 0 Å². The molecule has 1 aromatic heterocycles. The number of thiophene rings is 1. The fraction of sp³-hybridized carbons (Fsp3) is 0.294. The van der Waals surface area contributed by atoms with Gasteiger partial charge in [0.15, 0.2) is 0 Å². The van der Waals surface area contributed by atoms with E-state index in [1.165, 1.54) is 34.6 Å². The molecule has 0 saturated heterocycles. The fourth-order valence-corrected chi connectivity index (χ4v) is 3.70. The molecule has 2 aromatic rings. The van der Waals surface area contributed by atoms with Gasteiger partial charge < -0.3 is 0 Å². The number of rotatable bonds is 2. The molecule has 4 nitrogen and oxygen atoms in total. The number of aryl methyl sites for hydroxylation is 3. The van der Waals surface area contributed by atoms with Gasteiger partial charge in [-0.2, -0.15) is 0 Å². The Morgan fingerprint density at radius 1 is 1.00 bits per heavy atom. The average Bonchev–Trinajstić information content (AvgIpc) is 2.97. The molecule has 5 heteroatoms. The number of carbonyl (C=O) groups is 2. The smallest absolute Gasteiger partial charge is 0.267 e. The minimum atomic E-state index is -0.310. The molecule has 2 amide bonds. The largest absolute Gasteiger partial charge is 0.279 e. The summed E-state index contributed by atoms with van der Waals surface area (Å²) in [6.45, 7) is 1.96. The van der Waals surface area contributed by atoms with Crippen LogP contribution in [-0.4, -0.2) is 11.8 Å². The molecular weight excluding hydrogens is 296 g/mol. The molecule has 0 bridgehead atoms. The molecule has 2 N–H and O–H groups in total. The van der Waals surface area contributed by atoms with Crippen molar-refractivity contribution in [2.24, 2.45) is 0 Å². The fourth-order valence-electron chi connectivity index (χ4n) is 2.55. The number of hydrogen-bond donors (Lipinski definition) is 2. The molecule has 1 aliphatic carbocycles. The molecule has 1 heterocycles. The Morgan fingerprint density at radius 2 is 1.68 bits per heavy atom. The maximum Gasteiger partial charge on any atom is 0.279 e. The van der Waals surface area contributed by atoms with Crippen LogP contribution in [0.15, 0.2) is 30.3 Å². The van der Waals surface area contributed by atoms with Gasteiger partial charge in [-0.15, -0.1) is 11.3 Å². The molecule has 0 unspecified atom stereocenters. The molecule has 0 fully saturated rings. The molecule has 0 atom stereocenters. The van der Waals surface area contributed by atoms with E-state index in [1.807, 2.05) is 25.1 Å². The Balaban J connectivity index is 1.61. The van der Waals surface area contributed by atoms with Crippen molar-refractivity contribution >= 4 is 23.2 Å². The zero-order chi connectivity index (χ0) is 15.5. The maximum absolute atomic E-state index is 12.1. The summed E-state index contributed by atoms with van der Waals surface area (Å²) < 4.78 is 0. The lowest BCUT2D eigenvalue weighted by Gasteiger charge is -2.08. The Bertz CT molecular complexity index is 680. The zero-order valence-corrected chi connectivity index (χ0v) is 13.3. The molecule has 1 aromatic carbocycles. The highest BCUT2D eigenvalue weighted by Gasteiger charge is 2.17. The second-order valence-corrected chi connectivity index (χ2v) is 6.68. The van der Waals surface area contributed by atoms with Crippen molar-refractivity contribution in [2.45, 2.75) is 32.6 Å². The number of hydrogen-bond acceptors (Lipinski definition) is 3. The molecule has 0 saturated carbocycles. The van der Waals surface area contributed by atoms with Gasteiger partial charge in [0.2, 0.25) is 0 Å². The standard InChI is InChI=1S/C17H18N2O2S/c1-11-6-8-12(9-7-11)16(20)18-19-17(21)15-10-13-4-2-3-5-14(13)22-15/h6-10H,2-5H2,1H3,(H,18,20)(H,19,21). The Morgan fingerprint density at radius 3 is 2.41 bits per heavy atom. The summed E-state index contributed by atoms with van der Waals surface area (Å²) >= 11 is 1.53. The maximum atomic E-state index is 12.1. The van der Waals surface area contributed by atoms with Gasteiger partial charge in [-0.05, 0) is 56.4 Å². The quantitative estimate of drug-likeness (QED) is 0.837. The van der Waals surface area contributed by atoms with E-state index in [-0.39, 0.29) is 11.8 Å². The van der Waals surface area contributed by atoms with Crippen LogP contribution in [0, 0.1) is 6.92 Å². The normalized spacial score (nSPS) is 13.3. The van der Waals surface area contributed by atoms with Crippen LogP contribution in [0.25, 0.3) is 0 Å². The van der Waals surface area contributed by atoms with Crippen LogP contribution in [0.2, 0.25) is 0 Å². The van der Waals surface area contributed by atoms with Gasteiger partial charge in [0.05, 0.1) is 4.88 Å². The SMILES string of the molecule is Cc1ccc(C(=O)NNC(=O)c2cc3c(s2)CCCC3)cc1. The second-order valence-electron chi connectivity index (χ2n) is 5.54. The van der Waals surface area contributed by atoms with Crippen LogP contribution in [0.5, 0.6) is 0 Å². The first-order valence-corrected chi connectivity index (χ1v) is 8.24. The van der Waals surface area contributed by atoms with Crippen molar-refractivity contribution in [1.82, 2.24) is 10.9 Å². The molecule has 0 aliphatic heterocycles. The molecule has 22 heavy (non-hydrogen) atoms. The summed E-state index contributed by atoms with van der Waals surface area (Å²) in [5, 5.41) is 0. The Kier molecular flexibility index (Phi) is 4.24. The lowest BCUT2D eigenvalue weighted by Crippen LogP contribution is -2.41. The van der Waals surface area contributed by atoms with Crippen molar-refractivity contribution in [3.8, 4) is 0 Å². The number of benzene rings is 1. The van der Waals surface area contributed by atoms with Crippen molar-refractivity contribution < 1.29 is 9.59 Å². The van der Waals surface area contributed by atoms with Crippen LogP contribution >= 0.6 is 11.3 Å². The van der Waals surface area contributed by atoms with Gasteiger partial charge in [0.1, 0.15) is 0 Å². The topological polar surface area (TPSA) is 58.2 Å². The second kappa shape index (κ2) is 6.32. The Hall–Kier alpha value is -2.14. The first-order chi connectivity index (χ1) is 10.6. The zero-order valence-electron chi connectivity index (χ0n) is 12.4. The highest BCUT2D eigenvalue weighted by molar-refractivity contribution is 7.14. The molecule has 1 aliphatic rings. The van der Waals surface area contributed by atoms with Crippen molar-refractivity contribution in [3.63, 3.8) is 0 Å². The van der Waals surface area contributed by atoms with E-state index in [4.69, 9.17) is 0 Å². The van der Waals surface area contributed by atoms with Crippen LogP contribution in [0.1, 0.15) is 48.9 Å². The number of carbonyl (C=O) groups excluding carboxylic acids is 2. The minimum Gasteiger partial charge on any atom is -0.267 e. The van der Waals surface area contributed by atoms with Crippen molar-refractivity contribution in [2.75, 3.05) is 0 Å². The van der Waals surface area contributed by atoms with E-state index in [2.05, 4.69) is 10.9 Å². The highest BCUT2D eigenvalue weighted by atomic mass is 32.1. The van der Waals surface area contributed by atoms with E-state index >= 15 is 0 Å². The lowest BCUT2D eigenvalue weighted by molar-refractivity contribution is 0.0849. The van der Waals surface area contributed by atoms with Crippen molar-refractivity contribution in [3.05, 3.63) is 56.8 Å². The number of fused-ring (bicyclic) bond motifs is 1. The van der Waals surface area contributed by atoms with Crippen LogP contribution in [-0.2, 0) is 12.8 Å². The average molecular weight is 314 g/mol. The summed E-state index contributed by atoms with van der Waals surface area (Å²) in [5.41, 5.74) is 7.85. The first kappa shape index (κ1) is 14.8. The van der Waals surface area contributed by atoms with E-state index in [0.717, 1.165) is 18.4 Å². The third-order valence-electron chi connectivity index (χ3n) is 3.82. The van der Waals surface area contributed by atoms with E-state index in [0.29, 0.717) is 10.4 Å². The number of hydrazine groups is 1. The van der Waals surface area contributed by atoms with E-state index in [1.54, 1.807) is 12.1 Å². The molecular formula is C17H18N2O2S. The van der Waals surface area contributed by atoms with E-state index in [9.17, 15) is 9.59 Å². The predicted octanol–water partition coefficient (Wildman–Crippen LogP) is 3.01. The lowest BCUT2D eigenvalue weighted by atomic mass is 9.99. The van der Waals surface area contributed by atoms with Gasteiger partial charge in [-0.1, -0.05) is 17.7 Å². The van der Waals surface area contributed by atoms with Gasteiger partial charge in [-0.25, -0.2) is 0 Å². The number of amides is 2. The Labute approximate surface area is 133 Å².